The molecule has 0 amide bonds. The van der Waals surface area contributed by atoms with Crippen molar-refractivity contribution in [2.24, 2.45) is 5.41 Å². The molecular formula is C13H24O4. The van der Waals surface area contributed by atoms with Crippen LogP contribution in [0.2, 0.25) is 0 Å². The van der Waals surface area contributed by atoms with Crippen LogP contribution in [0.1, 0.15) is 27.2 Å². The van der Waals surface area contributed by atoms with E-state index < -0.39 is 0 Å². The summed E-state index contributed by atoms with van der Waals surface area (Å²) in [5, 5.41) is 0. The van der Waals surface area contributed by atoms with Gasteiger partial charge in [0, 0.05) is 0 Å². The highest BCUT2D eigenvalue weighted by molar-refractivity contribution is 4.74. The molecule has 0 spiro atoms. The predicted octanol–water partition coefficient (Wildman–Crippen LogP) is 1.62. The maximum atomic E-state index is 5.85. The fraction of sp³-hybridized carbons (Fsp3) is 1.00. The van der Waals surface area contributed by atoms with Crippen LogP contribution in [-0.2, 0) is 18.9 Å². The summed E-state index contributed by atoms with van der Waals surface area (Å²) in [6.45, 7) is 10.4. The quantitative estimate of drug-likeness (QED) is 0.609. The van der Waals surface area contributed by atoms with Gasteiger partial charge >= 0.3 is 0 Å². The van der Waals surface area contributed by atoms with Crippen LogP contribution in [0.5, 0.6) is 0 Å². The lowest BCUT2D eigenvalue weighted by atomic mass is 9.89. The number of hydrogen-bond donors (Lipinski definition) is 0. The Bertz CT molecular complexity index is 228. The summed E-state index contributed by atoms with van der Waals surface area (Å²) in [5.41, 5.74) is 0.258. The van der Waals surface area contributed by atoms with Crippen molar-refractivity contribution in [3.05, 3.63) is 0 Å². The van der Waals surface area contributed by atoms with Gasteiger partial charge in [0.1, 0.15) is 12.2 Å². The summed E-state index contributed by atoms with van der Waals surface area (Å²) in [4.78, 5) is 0. The first-order valence-corrected chi connectivity index (χ1v) is 6.45. The van der Waals surface area contributed by atoms with Gasteiger partial charge in [-0.25, -0.2) is 0 Å². The second-order valence-corrected chi connectivity index (χ2v) is 6.17. The van der Waals surface area contributed by atoms with Gasteiger partial charge in [0.2, 0.25) is 0 Å². The molecule has 0 aromatic rings. The standard InChI is InChI=1S/C13H24O4/c1-13(2,3)4-10(15-8-12-9-17-12)5-14-6-11-7-16-11/h10-12H,4-9H2,1-3H3. The first kappa shape index (κ1) is 13.3. The van der Waals surface area contributed by atoms with Gasteiger partial charge in [-0.2, -0.15) is 0 Å². The smallest absolute Gasteiger partial charge is 0.104 e. The van der Waals surface area contributed by atoms with Gasteiger partial charge < -0.3 is 18.9 Å². The van der Waals surface area contributed by atoms with E-state index in [-0.39, 0.29) is 11.5 Å². The van der Waals surface area contributed by atoms with Crippen LogP contribution in [-0.4, -0.2) is 51.3 Å². The average Bonchev–Trinajstić information content (AvgIpc) is 3.07. The summed E-state index contributed by atoms with van der Waals surface area (Å²) in [6.07, 6.45) is 1.82. The summed E-state index contributed by atoms with van der Waals surface area (Å²) in [7, 11) is 0. The third kappa shape index (κ3) is 6.36. The van der Waals surface area contributed by atoms with Crippen molar-refractivity contribution in [1.82, 2.24) is 0 Å². The molecule has 4 nitrogen and oxygen atoms in total. The molecule has 17 heavy (non-hydrogen) atoms. The Balaban J connectivity index is 1.64. The first-order valence-electron chi connectivity index (χ1n) is 6.45. The fourth-order valence-electron chi connectivity index (χ4n) is 1.75. The molecule has 3 atom stereocenters. The van der Waals surface area contributed by atoms with Crippen molar-refractivity contribution >= 4 is 0 Å². The number of epoxide rings is 2. The Morgan fingerprint density at radius 3 is 2.24 bits per heavy atom. The molecule has 2 fully saturated rings. The minimum Gasteiger partial charge on any atom is -0.376 e. The third-order valence-corrected chi connectivity index (χ3v) is 2.77. The molecule has 2 rings (SSSR count). The number of hydrogen-bond acceptors (Lipinski definition) is 4. The lowest BCUT2D eigenvalue weighted by molar-refractivity contribution is -0.0410. The molecule has 100 valence electrons. The minimum atomic E-state index is 0.165. The van der Waals surface area contributed by atoms with Crippen molar-refractivity contribution in [1.29, 1.82) is 0 Å². The monoisotopic (exact) mass is 244 g/mol. The van der Waals surface area contributed by atoms with Gasteiger partial charge in [-0.15, -0.1) is 0 Å². The van der Waals surface area contributed by atoms with Crippen molar-refractivity contribution in [2.75, 3.05) is 33.0 Å². The maximum absolute atomic E-state index is 5.85. The summed E-state index contributed by atoms with van der Waals surface area (Å²) in [6, 6.07) is 0. The normalized spacial score (nSPS) is 29.1. The summed E-state index contributed by atoms with van der Waals surface area (Å²) in [5.74, 6) is 0. The molecule has 0 radical (unpaired) electrons. The Kier molecular flexibility index (Phi) is 4.42. The molecule has 2 saturated heterocycles. The summed E-state index contributed by atoms with van der Waals surface area (Å²) >= 11 is 0. The molecule has 0 N–H and O–H groups in total. The molecule has 3 unspecified atom stereocenters. The summed E-state index contributed by atoms with van der Waals surface area (Å²) < 4.78 is 21.8. The van der Waals surface area contributed by atoms with Crippen molar-refractivity contribution in [3.63, 3.8) is 0 Å². The average molecular weight is 244 g/mol. The molecule has 0 bridgehead atoms. The van der Waals surface area contributed by atoms with Gasteiger partial charge in [0.15, 0.2) is 0 Å². The van der Waals surface area contributed by atoms with E-state index in [1.807, 2.05) is 0 Å². The van der Waals surface area contributed by atoms with Crippen LogP contribution >= 0.6 is 0 Å². The zero-order valence-corrected chi connectivity index (χ0v) is 11.1. The zero-order valence-electron chi connectivity index (χ0n) is 11.1. The fourth-order valence-corrected chi connectivity index (χ4v) is 1.75. The van der Waals surface area contributed by atoms with Gasteiger partial charge in [0.05, 0.1) is 39.1 Å². The molecule has 0 aromatic heterocycles. The van der Waals surface area contributed by atoms with Crippen LogP contribution in [0.15, 0.2) is 0 Å². The van der Waals surface area contributed by atoms with Crippen molar-refractivity contribution in [2.45, 2.75) is 45.5 Å². The van der Waals surface area contributed by atoms with E-state index in [4.69, 9.17) is 18.9 Å². The Hall–Kier alpha value is -0.160. The van der Waals surface area contributed by atoms with Gasteiger partial charge in [-0.3, -0.25) is 0 Å². The molecule has 4 heteroatoms. The van der Waals surface area contributed by atoms with E-state index in [1.165, 1.54) is 0 Å². The highest BCUT2D eigenvalue weighted by Crippen LogP contribution is 2.24. The lowest BCUT2D eigenvalue weighted by Crippen LogP contribution is -2.28. The molecule has 2 aliphatic rings. The van der Waals surface area contributed by atoms with Crippen LogP contribution in [0.4, 0.5) is 0 Å². The largest absolute Gasteiger partial charge is 0.376 e. The van der Waals surface area contributed by atoms with Crippen molar-refractivity contribution in [3.8, 4) is 0 Å². The number of rotatable bonds is 8. The van der Waals surface area contributed by atoms with E-state index in [2.05, 4.69) is 20.8 Å². The maximum Gasteiger partial charge on any atom is 0.104 e. The van der Waals surface area contributed by atoms with Crippen LogP contribution in [0.3, 0.4) is 0 Å². The van der Waals surface area contributed by atoms with E-state index in [9.17, 15) is 0 Å². The molecule has 2 aliphatic heterocycles. The second-order valence-electron chi connectivity index (χ2n) is 6.17. The highest BCUT2D eigenvalue weighted by atomic mass is 16.6. The van der Waals surface area contributed by atoms with E-state index in [1.54, 1.807) is 0 Å². The molecule has 2 heterocycles. The van der Waals surface area contributed by atoms with E-state index in [0.717, 1.165) is 19.6 Å². The molecule has 0 saturated carbocycles. The van der Waals surface area contributed by atoms with Crippen LogP contribution in [0.25, 0.3) is 0 Å². The molecule has 0 aromatic carbocycles. The number of ether oxygens (including phenoxy) is 4. The topological polar surface area (TPSA) is 43.5 Å². The van der Waals surface area contributed by atoms with E-state index >= 15 is 0 Å². The lowest BCUT2D eigenvalue weighted by Gasteiger charge is -2.26. The SMILES string of the molecule is CC(C)(C)CC(COCC1CO1)OCC1CO1. The third-order valence-electron chi connectivity index (χ3n) is 2.77. The molecular weight excluding hydrogens is 220 g/mol. The van der Waals surface area contributed by atoms with Gasteiger partial charge in [-0.1, -0.05) is 20.8 Å². The first-order chi connectivity index (χ1) is 8.03. The van der Waals surface area contributed by atoms with Crippen LogP contribution in [0, 0.1) is 5.41 Å². The second kappa shape index (κ2) is 5.65. The Labute approximate surface area is 104 Å². The van der Waals surface area contributed by atoms with Crippen molar-refractivity contribution < 1.29 is 18.9 Å². The van der Waals surface area contributed by atoms with Gasteiger partial charge in [-0.05, 0) is 11.8 Å². The van der Waals surface area contributed by atoms with Crippen LogP contribution < -0.4 is 0 Å². The Morgan fingerprint density at radius 1 is 1.12 bits per heavy atom. The Morgan fingerprint density at radius 2 is 1.71 bits per heavy atom. The molecule has 0 aliphatic carbocycles. The minimum absolute atomic E-state index is 0.165. The van der Waals surface area contributed by atoms with E-state index in [0.29, 0.717) is 32.0 Å². The predicted molar refractivity (Wildman–Crippen MR) is 64.1 cm³/mol. The zero-order chi connectivity index (χ0) is 12.3. The highest BCUT2D eigenvalue weighted by Gasteiger charge is 2.27. The van der Waals surface area contributed by atoms with Gasteiger partial charge in [0.25, 0.3) is 0 Å².